The summed E-state index contributed by atoms with van der Waals surface area (Å²) in [6.07, 6.45) is 2.27. The molecule has 2 aliphatic heterocycles. The summed E-state index contributed by atoms with van der Waals surface area (Å²) in [7, 11) is -11.2. The largest absolute Gasteiger partial charge is 0.756 e. The van der Waals surface area contributed by atoms with Gasteiger partial charge in [-0.25, -0.2) is 23.8 Å². The van der Waals surface area contributed by atoms with E-state index in [4.69, 9.17) is 19.7 Å². The molecule has 0 spiro atoms. The number of allylic oxidation sites excluding steroid dienone is 4. The van der Waals surface area contributed by atoms with Gasteiger partial charge in [-0.2, -0.15) is 4.57 Å². The number of phosphoric ester groups is 2. The molecule has 0 aromatic carbocycles. The Morgan fingerprint density at radius 1 is 1.00 bits per heavy atom. The van der Waals surface area contributed by atoms with Crippen molar-refractivity contribution in [3.63, 3.8) is 0 Å². The molecule has 24 heteroatoms. The lowest BCUT2D eigenvalue weighted by molar-refractivity contribution is -0.765. The van der Waals surface area contributed by atoms with E-state index >= 15 is 0 Å². The summed E-state index contributed by atoms with van der Waals surface area (Å²) in [6.45, 7) is -1.94. The van der Waals surface area contributed by atoms with Crippen molar-refractivity contribution >= 4 is 44.4 Å². The maximum absolute atomic E-state index is 12.6. The average Bonchev–Trinajstić information content (AvgIpc) is 3.91. The fourth-order valence-corrected chi connectivity index (χ4v) is 8.06. The highest BCUT2D eigenvalue weighted by Crippen LogP contribution is 2.58. The molecular weight excluding hydrogens is 760 g/mol. The Balaban J connectivity index is 1.01. The van der Waals surface area contributed by atoms with Crippen molar-refractivity contribution in [1.29, 1.82) is 0 Å². The van der Waals surface area contributed by atoms with Gasteiger partial charge in [-0.3, -0.25) is 23.2 Å². The molecule has 292 valence electrons. The molecule has 3 aromatic heterocycles. The first-order chi connectivity index (χ1) is 25.6. The van der Waals surface area contributed by atoms with Crippen molar-refractivity contribution in [2.45, 2.75) is 68.3 Å². The molecule has 0 bridgehead atoms. The van der Waals surface area contributed by atoms with Gasteiger partial charge in [-0.1, -0.05) is 24.3 Å². The minimum absolute atomic E-state index is 0.0523. The second-order valence-corrected chi connectivity index (χ2v) is 15.5. The highest BCUT2D eigenvalue weighted by atomic mass is 31.3. The number of hydrogen-bond donors (Lipinski definition) is 7. The first-order valence-corrected chi connectivity index (χ1v) is 19.4. The molecular formula is C30H37N7O15P2. The van der Waals surface area contributed by atoms with Gasteiger partial charge >= 0.3 is 7.82 Å². The van der Waals surface area contributed by atoms with Gasteiger partial charge in [-0.15, -0.1) is 0 Å². The number of nitrogens with one attached hydrogen (secondary N) is 1. The summed E-state index contributed by atoms with van der Waals surface area (Å²) in [5.41, 5.74) is 5.56. The number of pyridine rings is 1. The maximum Gasteiger partial charge on any atom is 0.478 e. The van der Waals surface area contributed by atoms with E-state index in [9.17, 15) is 48.9 Å². The van der Waals surface area contributed by atoms with Crippen LogP contribution >= 0.6 is 15.6 Å². The molecule has 2 fully saturated rings. The third kappa shape index (κ3) is 9.15. The zero-order chi connectivity index (χ0) is 38.8. The minimum atomic E-state index is -5.66. The number of nitrogens with two attached hydrogens (primary N) is 1. The van der Waals surface area contributed by atoms with Crippen LogP contribution in [0.2, 0.25) is 0 Å². The molecule has 2 amide bonds. The number of ether oxygens (including phenoxy) is 2. The van der Waals surface area contributed by atoms with Gasteiger partial charge in [0.15, 0.2) is 41.7 Å². The molecule has 0 saturated carbocycles. The van der Waals surface area contributed by atoms with Crippen LogP contribution in [0.1, 0.15) is 42.1 Å². The van der Waals surface area contributed by atoms with E-state index in [1.807, 2.05) is 24.3 Å². The fraction of sp³-hybridized carbons (Fsp3) is 0.467. The van der Waals surface area contributed by atoms with Gasteiger partial charge in [0.25, 0.3) is 20.0 Å². The van der Waals surface area contributed by atoms with Crippen molar-refractivity contribution in [2.75, 3.05) is 18.5 Å². The Bertz CT molecular complexity index is 2000. The summed E-state index contributed by atoms with van der Waals surface area (Å²) in [4.78, 5) is 59.1. The molecule has 3 aromatic rings. The predicted molar refractivity (Wildman–Crippen MR) is 177 cm³/mol. The number of imidazole rings is 1. The summed E-state index contributed by atoms with van der Waals surface area (Å²) < 4.78 is 52.2. The number of rotatable bonds is 16. The third-order valence-corrected chi connectivity index (χ3v) is 11.3. The van der Waals surface area contributed by atoms with Gasteiger partial charge < -0.3 is 55.3 Å². The molecule has 22 nitrogen and oxygen atoms in total. The molecule has 2 unspecified atom stereocenters. The number of aromatic nitrogens is 5. The Hall–Kier alpha value is -3.86. The molecule has 2 saturated heterocycles. The van der Waals surface area contributed by atoms with Crippen molar-refractivity contribution < 1.29 is 76.3 Å². The van der Waals surface area contributed by atoms with Crippen LogP contribution in [0.5, 0.6) is 0 Å². The van der Waals surface area contributed by atoms with Crippen LogP contribution in [-0.2, 0) is 36.8 Å². The molecule has 54 heavy (non-hydrogen) atoms. The van der Waals surface area contributed by atoms with Gasteiger partial charge in [-0.05, 0) is 24.8 Å². The summed E-state index contributed by atoms with van der Waals surface area (Å²) in [5.74, 6) is -0.701. The summed E-state index contributed by atoms with van der Waals surface area (Å²) >= 11 is 0. The van der Waals surface area contributed by atoms with Gasteiger partial charge in [0, 0.05) is 12.5 Å². The number of primary amides is 1. The van der Waals surface area contributed by atoms with Crippen molar-refractivity contribution in [3.8, 4) is 0 Å². The lowest BCUT2D eigenvalue weighted by Gasteiger charge is -2.26. The SMILES string of the molecule is NC(=O)c1ccc[n+]([C@@H]2O[C@H](COP(=O)([O-])OP(=O)(O)OC[C@H]3O[C@@H](n4cnc5c(NC(=O)CCCC6C=CC=C6)ncnc54)[C@H](O)[C@@H]3O)[C@@H](O)[C@H]2O)c1. The third-order valence-electron chi connectivity index (χ3n) is 8.74. The van der Waals surface area contributed by atoms with Crippen molar-refractivity contribution in [2.24, 2.45) is 11.7 Å². The highest BCUT2D eigenvalue weighted by molar-refractivity contribution is 7.60. The van der Waals surface area contributed by atoms with Crippen LogP contribution < -0.4 is 20.5 Å². The summed E-state index contributed by atoms with van der Waals surface area (Å²) in [5, 5.41) is 44.9. The van der Waals surface area contributed by atoms with Crippen LogP contribution in [0.3, 0.4) is 0 Å². The minimum Gasteiger partial charge on any atom is -0.756 e. The predicted octanol–water partition coefficient (Wildman–Crippen LogP) is -1.38. The number of phosphoric acid groups is 2. The van der Waals surface area contributed by atoms with Crippen LogP contribution in [0.15, 0.2) is 61.5 Å². The molecule has 0 radical (unpaired) electrons. The monoisotopic (exact) mass is 797 g/mol. The second kappa shape index (κ2) is 16.5. The smallest absolute Gasteiger partial charge is 0.478 e. The molecule has 6 rings (SSSR count). The van der Waals surface area contributed by atoms with E-state index in [1.54, 1.807) is 0 Å². The Kier molecular flexibility index (Phi) is 12.1. The molecule has 3 aliphatic rings. The maximum atomic E-state index is 12.6. The number of carbonyl (C=O) groups excluding carboxylic acids is 2. The fourth-order valence-electron chi connectivity index (χ4n) is 6.01. The number of hydrogen-bond acceptors (Lipinski definition) is 17. The quantitative estimate of drug-likeness (QED) is 0.0649. The second-order valence-electron chi connectivity index (χ2n) is 12.5. The first-order valence-electron chi connectivity index (χ1n) is 16.4. The lowest BCUT2D eigenvalue weighted by atomic mass is 10.0. The van der Waals surface area contributed by atoms with Crippen molar-refractivity contribution in [1.82, 2.24) is 19.5 Å². The zero-order valence-corrected chi connectivity index (χ0v) is 29.8. The van der Waals surface area contributed by atoms with E-state index in [0.29, 0.717) is 6.42 Å². The number of amides is 2. The van der Waals surface area contributed by atoms with Gasteiger partial charge in [0.2, 0.25) is 5.91 Å². The number of aliphatic hydroxyl groups is 4. The summed E-state index contributed by atoms with van der Waals surface area (Å²) in [6, 6.07) is 2.81. The van der Waals surface area contributed by atoms with E-state index < -0.39 is 83.8 Å². The number of fused-ring (bicyclic) bond motifs is 1. The average molecular weight is 798 g/mol. The lowest BCUT2D eigenvalue weighted by Crippen LogP contribution is -2.46. The Labute approximate surface area is 305 Å². The molecule has 10 atom stereocenters. The number of aliphatic hydroxyl groups excluding tert-OH is 4. The van der Waals surface area contributed by atoms with E-state index in [-0.39, 0.29) is 40.8 Å². The van der Waals surface area contributed by atoms with E-state index in [2.05, 4.69) is 29.1 Å². The van der Waals surface area contributed by atoms with Crippen molar-refractivity contribution in [3.05, 3.63) is 67.0 Å². The zero-order valence-electron chi connectivity index (χ0n) is 28.0. The Morgan fingerprint density at radius 2 is 1.70 bits per heavy atom. The van der Waals surface area contributed by atoms with Crippen LogP contribution in [0.4, 0.5) is 5.82 Å². The van der Waals surface area contributed by atoms with Crippen LogP contribution in [0.25, 0.3) is 11.2 Å². The van der Waals surface area contributed by atoms with E-state index in [1.165, 1.54) is 40.0 Å². The van der Waals surface area contributed by atoms with E-state index in [0.717, 1.165) is 12.7 Å². The first kappa shape index (κ1) is 39.8. The highest BCUT2D eigenvalue weighted by Gasteiger charge is 2.49. The molecule has 1 aliphatic carbocycles. The Morgan fingerprint density at radius 3 is 2.44 bits per heavy atom. The molecule has 5 heterocycles. The normalized spacial score (nSPS) is 29.1. The molecule has 8 N–H and O–H groups in total. The van der Waals surface area contributed by atoms with Gasteiger partial charge in [0.1, 0.15) is 42.4 Å². The van der Waals surface area contributed by atoms with Crippen LogP contribution in [0, 0.1) is 5.92 Å². The van der Waals surface area contributed by atoms with Gasteiger partial charge in [0.05, 0.1) is 19.5 Å². The number of carbonyl (C=O) groups is 2. The standard InChI is InChI=1S/C30H37N7O15P2/c31-26(43)17-8-4-10-36(11-17)29-24(41)22(39)18(50-29)12-48-53(44,45)52-54(46,47)49-13-19-23(40)25(42)30(51-19)37-15-34-21-27(32-14-33-28(21)37)35-20(38)9-3-7-16-5-1-2-6-16/h1-2,4-6,8,10-11,14-16,18-19,22-25,29-30,39-42H,3,7,9,12-13H2,(H4-,31,32,33,35,38,43,44,45,46,47)/t18-,19-,22-,23-,24-,25-,29-,30-/m1/s1. The topological polar surface area (TPSA) is 324 Å². The van der Waals surface area contributed by atoms with Crippen LogP contribution in [-0.4, -0.2) is 106 Å². The number of nitrogens with zero attached hydrogens (tertiary/aromatic N) is 5. The number of anilines is 1.